The van der Waals surface area contributed by atoms with Crippen molar-refractivity contribution >= 4 is 23.3 Å². The second-order valence-electron chi connectivity index (χ2n) is 3.69. The molecule has 0 saturated carbocycles. The van der Waals surface area contributed by atoms with Crippen LogP contribution in [0.2, 0.25) is 0 Å². The number of piperidine rings is 1. The molecule has 0 aromatic carbocycles. The van der Waals surface area contributed by atoms with Gasteiger partial charge in [-0.3, -0.25) is 0 Å². The Hall–Kier alpha value is -0.840. The molecule has 74 valence electrons. The van der Waals surface area contributed by atoms with Gasteiger partial charge < -0.3 is 15.7 Å². The van der Waals surface area contributed by atoms with Crippen molar-refractivity contribution in [1.82, 2.24) is 4.90 Å². The molecule has 0 unspecified atom stereocenters. The van der Waals surface area contributed by atoms with Crippen molar-refractivity contribution in [2.45, 2.75) is 19.8 Å². The van der Waals surface area contributed by atoms with Crippen LogP contribution >= 0.6 is 12.2 Å². The van der Waals surface area contributed by atoms with Gasteiger partial charge in [0.05, 0.1) is 4.99 Å². The molecule has 1 aliphatic heterocycles. The first kappa shape index (κ1) is 10.2. The topological polar surface area (TPSA) is 66.6 Å². The van der Waals surface area contributed by atoms with Crippen molar-refractivity contribution in [1.29, 1.82) is 0 Å². The van der Waals surface area contributed by atoms with E-state index in [2.05, 4.69) is 0 Å². The fourth-order valence-corrected chi connectivity index (χ4v) is 1.64. The summed E-state index contributed by atoms with van der Waals surface area (Å²) in [7, 11) is 0. The lowest BCUT2D eigenvalue weighted by Gasteiger charge is -2.37. The average molecular weight is 202 g/mol. The van der Waals surface area contributed by atoms with Gasteiger partial charge in [-0.15, -0.1) is 0 Å². The van der Waals surface area contributed by atoms with Crippen molar-refractivity contribution in [3.05, 3.63) is 0 Å². The van der Waals surface area contributed by atoms with Crippen LogP contribution in [0.3, 0.4) is 0 Å². The first-order valence-electron chi connectivity index (χ1n) is 4.23. The molecular formula is C8H14N2O2S. The average Bonchev–Trinajstić information content (AvgIpc) is 2.04. The van der Waals surface area contributed by atoms with E-state index in [-0.39, 0.29) is 5.41 Å². The summed E-state index contributed by atoms with van der Waals surface area (Å²) in [6.07, 6.45) is 0.605. The first-order valence-corrected chi connectivity index (χ1v) is 4.64. The summed E-state index contributed by atoms with van der Waals surface area (Å²) >= 11 is 4.95. The van der Waals surface area contributed by atoms with Crippen LogP contribution in [0.25, 0.3) is 0 Å². The molecule has 4 nitrogen and oxygen atoms in total. The number of hydrogen-bond donors (Lipinski definition) is 2. The molecule has 0 bridgehead atoms. The maximum Gasteiger partial charge on any atom is 0.407 e. The number of hydrogen-bond acceptors (Lipinski definition) is 2. The predicted molar refractivity (Wildman–Crippen MR) is 53.7 cm³/mol. The third kappa shape index (κ3) is 2.09. The van der Waals surface area contributed by atoms with Crippen molar-refractivity contribution in [2.24, 2.45) is 11.1 Å². The van der Waals surface area contributed by atoms with Crippen LogP contribution in [0.5, 0.6) is 0 Å². The summed E-state index contributed by atoms with van der Waals surface area (Å²) < 4.78 is 0. The fraction of sp³-hybridized carbons (Fsp3) is 0.750. The van der Waals surface area contributed by atoms with Gasteiger partial charge in [0, 0.05) is 18.5 Å². The molecule has 0 aliphatic carbocycles. The van der Waals surface area contributed by atoms with E-state index in [1.54, 1.807) is 0 Å². The number of carboxylic acid groups (broad SMARTS) is 1. The highest BCUT2D eigenvalue weighted by Crippen LogP contribution is 2.30. The van der Waals surface area contributed by atoms with Crippen LogP contribution in [-0.2, 0) is 0 Å². The largest absolute Gasteiger partial charge is 0.465 e. The van der Waals surface area contributed by atoms with Gasteiger partial charge in [-0.2, -0.15) is 0 Å². The highest BCUT2D eigenvalue weighted by molar-refractivity contribution is 7.80. The molecule has 1 heterocycles. The highest BCUT2D eigenvalue weighted by Gasteiger charge is 2.33. The predicted octanol–water partition coefficient (Wildman–Crippen LogP) is 1.05. The van der Waals surface area contributed by atoms with Crippen LogP contribution in [-0.4, -0.2) is 34.2 Å². The Bertz CT molecular complexity index is 234. The summed E-state index contributed by atoms with van der Waals surface area (Å²) in [5, 5.41) is 8.71. The van der Waals surface area contributed by atoms with E-state index >= 15 is 0 Å². The van der Waals surface area contributed by atoms with E-state index in [1.807, 2.05) is 6.92 Å². The third-order valence-corrected chi connectivity index (χ3v) is 3.23. The first-order chi connectivity index (χ1) is 5.96. The van der Waals surface area contributed by atoms with E-state index in [0.717, 1.165) is 12.8 Å². The maximum absolute atomic E-state index is 10.6. The molecule has 3 N–H and O–H groups in total. The second-order valence-corrected chi connectivity index (χ2v) is 4.13. The quantitative estimate of drug-likeness (QED) is 0.624. The van der Waals surface area contributed by atoms with Crippen molar-refractivity contribution in [3.8, 4) is 0 Å². The summed E-state index contributed by atoms with van der Waals surface area (Å²) in [4.78, 5) is 12.5. The van der Waals surface area contributed by atoms with Gasteiger partial charge in [-0.25, -0.2) is 4.79 Å². The van der Waals surface area contributed by atoms with Gasteiger partial charge in [0.15, 0.2) is 0 Å². The minimum atomic E-state index is -0.856. The third-order valence-electron chi connectivity index (χ3n) is 2.73. The molecule has 0 aromatic rings. The van der Waals surface area contributed by atoms with Crippen LogP contribution in [0.4, 0.5) is 4.79 Å². The molecule has 1 amide bonds. The zero-order valence-electron chi connectivity index (χ0n) is 7.62. The highest BCUT2D eigenvalue weighted by atomic mass is 32.1. The Morgan fingerprint density at radius 3 is 2.31 bits per heavy atom. The Kier molecular flexibility index (Phi) is 2.75. The lowest BCUT2D eigenvalue weighted by molar-refractivity contribution is 0.118. The van der Waals surface area contributed by atoms with Crippen LogP contribution in [0.15, 0.2) is 0 Å². The smallest absolute Gasteiger partial charge is 0.407 e. The van der Waals surface area contributed by atoms with Crippen LogP contribution in [0.1, 0.15) is 19.8 Å². The van der Waals surface area contributed by atoms with Gasteiger partial charge >= 0.3 is 6.09 Å². The molecule has 0 radical (unpaired) electrons. The number of carbonyl (C=O) groups is 1. The number of rotatable bonds is 1. The van der Waals surface area contributed by atoms with E-state index in [9.17, 15) is 4.79 Å². The Morgan fingerprint density at radius 2 is 2.00 bits per heavy atom. The van der Waals surface area contributed by atoms with Crippen LogP contribution in [0, 0.1) is 5.41 Å². The number of thiocarbonyl (C=S) groups is 1. The van der Waals surface area contributed by atoms with Crippen molar-refractivity contribution in [2.75, 3.05) is 13.1 Å². The van der Waals surface area contributed by atoms with E-state index in [4.69, 9.17) is 23.1 Å². The molecular weight excluding hydrogens is 188 g/mol. The molecule has 1 aliphatic rings. The van der Waals surface area contributed by atoms with Gasteiger partial charge in [-0.1, -0.05) is 19.1 Å². The molecule has 1 saturated heterocycles. The zero-order chi connectivity index (χ0) is 10.1. The lowest BCUT2D eigenvalue weighted by Crippen LogP contribution is -2.46. The van der Waals surface area contributed by atoms with Gasteiger partial charge in [0.1, 0.15) is 0 Å². The van der Waals surface area contributed by atoms with Gasteiger partial charge in [0.2, 0.25) is 0 Å². The van der Waals surface area contributed by atoms with Gasteiger partial charge in [-0.05, 0) is 12.8 Å². The molecule has 5 heteroatoms. The summed E-state index contributed by atoms with van der Waals surface area (Å²) in [6, 6.07) is 0. The van der Waals surface area contributed by atoms with Crippen LogP contribution < -0.4 is 5.73 Å². The SMILES string of the molecule is CC1(C(N)=S)CCN(C(=O)O)CC1. The fourth-order valence-electron chi connectivity index (χ4n) is 1.44. The standard InChI is InChI=1S/C8H14N2O2S/c1-8(6(9)13)2-4-10(5-3-8)7(11)12/h2-5H2,1H3,(H2,9,13)(H,11,12). The Balaban J connectivity index is 2.56. The number of amides is 1. The normalized spacial score (nSPS) is 21.2. The monoisotopic (exact) mass is 202 g/mol. The molecule has 1 fully saturated rings. The molecule has 1 rings (SSSR count). The Labute approximate surface area is 82.7 Å². The van der Waals surface area contributed by atoms with E-state index in [0.29, 0.717) is 18.1 Å². The van der Waals surface area contributed by atoms with E-state index < -0.39 is 6.09 Å². The lowest BCUT2D eigenvalue weighted by atomic mass is 9.80. The van der Waals surface area contributed by atoms with E-state index in [1.165, 1.54) is 4.90 Å². The second kappa shape index (κ2) is 3.49. The minimum Gasteiger partial charge on any atom is -0.465 e. The zero-order valence-corrected chi connectivity index (χ0v) is 8.43. The minimum absolute atomic E-state index is 0.152. The van der Waals surface area contributed by atoms with Crippen molar-refractivity contribution in [3.63, 3.8) is 0 Å². The number of nitrogens with two attached hydrogens (primary N) is 1. The maximum atomic E-state index is 10.6. The molecule has 13 heavy (non-hydrogen) atoms. The van der Waals surface area contributed by atoms with Gasteiger partial charge in [0.25, 0.3) is 0 Å². The summed E-state index contributed by atoms with van der Waals surface area (Å²) in [5.41, 5.74) is 5.44. The molecule has 0 spiro atoms. The molecule has 0 aromatic heterocycles. The summed E-state index contributed by atoms with van der Waals surface area (Å²) in [6.45, 7) is 3.06. The number of likely N-dealkylation sites (tertiary alicyclic amines) is 1. The summed E-state index contributed by atoms with van der Waals surface area (Å²) in [5.74, 6) is 0. The number of nitrogens with zero attached hydrogens (tertiary/aromatic N) is 1. The Morgan fingerprint density at radius 1 is 1.54 bits per heavy atom. The molecule has 0 atom stereocenters. The van der Waals surface area contributed by atoms with Crippen molar-refractivity contribution < 1.29 is 9.90 Å².